The van der Waals surface area contributed by atoms with E-state index in [2.05, 4.69) is 15.9 Å². The molecule has 0 aliphatic heterocycles. The summed E-state index contributed by atoms with van der Waals surface area (Å²) < 4.78 is 39.6. The minimum Gasteiger partial charge on any atom is -0.406 e. The normalized spacial score (nSPS) is 11.3. The van der Waals surface area contributed by atoms with Gasteiger partial charge in [0.25, 0.3) is 0 Å². The number of pyridine rings is 1. The average Bonchev–Trinajstić information content (AvgIpc) is 2.29. The molecule has 0 N–H and O–H groups in total. The van der Waals surface area contributed by atoms with Crippen LogP contribution in [0.1, 0.15) is 0 Å². The molecular formula is C12H6ClF3NO. The lowest BCUT2D eigenvalue weighted by Crippen LogP contribution is -2.16. The van der Waals surface area contributed by atoms with E-state index in [1.165, 1.54) is 24.3 Å². The number of halogens is 4. The zero-order valence-electron chi connectivity index (χ0n) is 8.83. The summed E-state index contributed by atoms with van der Waals surface area (Å²) in [5.41, 5.74) is 1.31. The molecule has 0 aliphatic rings. The molecule has 1 aromatic carbocycles. The maximum absolute atomic E-state index is 12.0. The number of rotatable bonds is 2. The van der Waals surface area contributed by atoms with Gasteiger partial charge in [0.15, 0.2) is 0 Å². The Morgan fingerprint density at radius 3 is 2.22 bits per heavy atom. The molecule has 0 amide bonds. The smallest absolute Gasteiger partial charge is 0.406 e. The van der Waals surface area contributed by atoms with Gasteiger partial charge in [-0.15, -0.1) is 13.2 Å². The maximum Gasteiger partial charge on any atom is 0.573 e. The van der Waals surface area contributed by atoms with Crippen LogP contribution in [-0.2, 0) is 0 Å². The standard InChI is InChI=1S/C12H6ClF3NO/c13-11-6-3-9(7-17-11)8-1-4-10(5-2-8)18-12(14,15)16/h1-6H. The van der Waals surface area contributed by atoms with Crippen LogP contribution < -0.4 is 4.74 Å². The Labute approximate surface area is 106 Å². The summed E-state index contributed by atoms with van der Waals surface area (Å²) in [6, 6.07) is 8.68. The Morgan fingerprint density at radius 2 is 1.72 bits per heavy atom. The van der Waals surface area contributed by atoms with E-state index in [1.807, 2.05) is 0 Å². The summed E-state index contributed by atoms with van der Waals surface area (Å²) in [4.78, 5) is 3.77. The van der Waals surface area contributed by atoms with Crippen LogP contribution >= 0.6 is 11.6 Å². The van der Waals surface area contributed by atoms with Crippen molar-refractivity contribution in [3.05, 3.63) is 47.7 Å². The van der Waals surface area contributed by atoms with Crippen LogP contribution in [0, 0.1) is 6.20 Å². The Balaban J connectivity index is 2.20. The second kappa shape index (κ2) is 4.86. The quantitative estimate of drug-likeness (QED) is 0.768. The molecule has 0 unspecified atom stereocenters. The first kappa shape index (κ1) is 12.7. The minimum absolute atomic E-state index is 0.270. The SMILES string of the molecule is FC(F)(F)Oc1ccc(-c2[c]nc(Cl)cc2)cc1. The van der Waals surface area contributed by atoms with E-state index in [-0.39, 0.29) is 5.75 Å². The van der Waals surface area contributed by atoms with E-state index in [1.54, 1.807) is 12.1 Å². The molecule has 0 saturated heterocycles. The van der Waals surface area contributed by atoms with Gasteiger partial charge in [0, 0.05) is 5.56 Å². The van der Waals surface area contributed by atoms with Crippen molar-refractivity contribution in [2.24, 2.45) is 0 Å². The van der Waals surface area contributed by atoms with Crippen molar-refractivity contribution < 1.29 is 17.9 Å². The summed E-state index contributed by atoms with van der Waals surface area (Å²) in [6.45, 7) is 0. The van der Waals surface area contributed by atoms with E-state index in [0.717, 1.165) is 0 Å². The molecule has 0 fully saturated rings. The third-order valence-corrected chi connectivity index (χ3v) is 2.28. The first-order valence-electron chi connectivity index (χ1n) is 4.84. The summed E-state index contributed by atoms with van der Waals surface area (Å²) in [7, 11) is 0. The molecule has 1 heterocycles. The van der Waals surface area contributed by atoms with E-state index >= 15 is 0 Å². The molecule has 1 radical (unpaired) electrons. The number of ether oxygens (including phenoxy) is 1. The van der Waals surface area contributed by atoms with Crippen LogP contribution in [-0.4, -0.2) is 11.3 Å². The molecule has 0 aliphatic carbocycles. The minimum atomic E-state index is -4.69. The van der Waals surface area contributed by atoms with E-state index in [9.17, 15) is 13.2 Å². The fourth-order valence-corrected chi connectivity index (χ4v) is 1.44. The molecule has 0 atom stereocenters. The lowest BCUT2D eigenvalue weighted by Gasteiger charge is -2.09. The van der Waals surface area contributed by atoms with Crippen LogP contribution in [0.2, 0.25) is 5.15 Å². The van der Waals surface area contributed by atoms with Gasteiger partial charge in [-0.3, -0.25) is 0 Å². The van der Waals surface area contributed by atoms with Crippen molar-refractivity contribution in [2.75, 3.05) is 0 Å². The monoisotopic (exact) mass is 272 g/mol. The molecule has 2 rings (SSSR count). The average molecular weight is 273 g/mol. The predicted molar refractivity (Wildman–Crippen MR) is 60.2 cm³/mol. The van der Waals surface area contributed by atoms with E-state index in [4.69, 9.17) is 11.6 Å². The number of benzene rings is 1. The number of hydrogen-bond donors (Lipinski definition) is 0. The summed E-state index contributed by atoms with van der Waals surface area (Å²) in [6.07, 6.45) is -2.01. The van der Waals surface area contributed by atoms with Crippen molar-refractivity contribution in [1.29, 1.82) is 0 Å². The van der Waals surface area contributed by atoms with E-state index < -0.39 is 6.36 Å². The van der Waals surface area contributed by atoms with Gasteiger partial charge >= 0.3 is 6.36 Å². The van der Waals surface area contributed by atoms with Gasteiger partial charge in [-0.05, 0) is 29.8 Å². The highest BCUT2D eigenvalue weighted by atomic mass is 35.5. The third-order valence-electron chi connectivity index (χ3n) is 2.07. The predicted octanol–water partition coefficient (Wildman–Crippen LogP) is 4.10. The summed E-state index contributed by atoms with van der Waals surface area (Å²) in [5.74, 6) is -0.270. The number of hydrogen-bond acceptors (Lipinski definition) is 2. The number of nitrogens with zero attached hydrogens (tertiary/aromatic N) is 1. The highest BCUT2D eigenvalue weighted by molar-refractivity contribution is 6.29. The van der Waals surface area contributed by atoms with Crippen LogP contribution in [0.5, 0.6) is 5.75 Å². The van der Waals surface area contributed by atoms with Crippen LogP contribution in [0.3, 0.4) is 0 Å². The highest BCUT2D eigenvalue weighted by Gasteiger charge is 2.30. The first-order chi connectivity index (χ1) is 8.44. The third kappa shape index (κ3) is 3.37. The van der Waals surface area contributed by atoms with Crippen molar-refractivity contribution in [3.63, 3.8) is 0 Å². The summed E-state index contributed by atoms with van der Waals surface area (Å²) in [5, 5.41) is 0.302. The Hall–Kier alpha value is -1.75. The van der Waals surface area contributed by atoms with Crippen LogP contribution in [0.15, 0.2) is 36.4 Å². The molecule has 2 nitrogen and oxygen atoms in total. The first-order valence-corrected chi connectivity index (χ1v) is 5.22. The van der Waals surface area contributed by atoms with E-state index in [0.29, 0.717) is 16.3 Å². The zero-order valence-corrected chi connectivity index (χ0v) is 9.59. The van der Waals surface area contributed by atoms with Crippen molar-refractivity contribution in [2.45, 2.75) is 6.36 Å². The topological polar surface area (TPSA) is 22.1 Å². The Kier molecular flexibility index (Phi) is 3.43. The summed E-state index contributed by atoms with van der Waals surface area (Å²) >= 11 is 5.61. The number of aromatic nitrogens is 1. The fourth-order valence-electron chi connectivity index (χ4n) is 1.34. The van der Waals surface area contributed by atoms with Crippen molar-refractivity contribution >= 4 is 11.6 Å². The lowest BCUT2D eigenvalue weighted by atomic mass is 10.1. The molecule has 2 aromatic rings. The largest absolute Gasteiger partial charge is 0.573 e. The molecule has 1 aromatic heterocycles. The molecule has 0 saturated carbocycles. The zero-order chi connectivity index (χ0) is 13.2. The molecular weight excluding hydrogens is 267 g/mol. The highest BCUT2D eigenvalue weighted by Crippen LogP contribution is 2.26. The van der Waals surface area contributed by atoms with Gasteiger partial charge in [-0.25, -0.2) is 4.98 Å². The van der Waals surface area contributed by atoms with Crippen molar-refractivity contribution in [1.82, 2.24) is 4.98 Å². The van der Waals surface area contributed by atoms with Gasteiger partial charge in [0.05, 0.1) is 6.20 Å². The van der Waals surface area contributed by atoms with Crippen molar-refractivity contribution in [3.8, 4) is 16.9 Å². The molecule has 0 spiro atoms. The molecule has 6 heteroatoms. The second-order valence-corrected chi connectivity index (χ2v) is 3.75. The second-order valence-electron chi connectivity index (χ2n) is 3.37. The molecule has 93 valence electrons. The molecule has 0 bridgehead atoms. The van der Waals surface area contributed by atoms with Gasteiger partial charge < -0.3 is 4.74 Å². The fraction of sp³-hybridized carbons (Fsp3) is 0.0833. The molecule has 18 heavy (non-hydrogen) atoms. The number of alkyl halides is 3. The van der Waals surface area contributed by atoms with Crippen LogP contribution in [0.25, 0.3) is 11.1 Å². The van der Waals surface area contributed by atoms with Crippen LogP contribution in [0.4, 0.5) is 13.2 Å². The van der Waals surface area contributed by atoms with Gasteiger partial charge in [0.2, 0.25) is 0 Å². The maximum atomic E-state index is 12.0. The lowest BCUT2D eigenvalue weighted by molar-refractivity contribution is -0.274. The Morgan fingerprint density at radius 1 is 1.06 bits per heavy atom. The van der Waals surface area contributed by atoms with Gasteiger partial charge in [-0.1, -0.05) is 23.7 Å². The van der Waals surface area contributed by atoms with Gasteiger partial charge in [-0.2, -0.15) is 0 Å². The Bertz CT molecular complexity index is 523. The van der Waals surface area contributed by atoms with Gasteiger partial charge in [0.1, 0.15) is 10.9 Å².